The predicted molar refractivity (Wildman–Crippen MR) is 66.4 cm³/mol. The van der Waals surface area contributed by atoms with E-state index in [1.807, 2.05) is 0 Å². The van der Waals surface area contributed by atoms with Crippen molar-refractivity contribution in [2.45, 2.75) is 12.6 Å². The third-order valence-electron chi connectivity index (χ3n) is 2.26. The summed E-state index contributed by atoms with van der Waals surface area (Å²) in [6.07, 6.45) is -6.00. The molecule has 0 spiro atoms. The van der Waals surface area contributed by atoms with Gasteiger partial charge in [0.1, 0.15) is 11.4 Å². The van der Waals surface area contributed by atoms with E-state index in [1.165, 1.54) is 19.2 Å². The molecule has 3 nitrogen and oxygen atoms in total. The van der Waals surface area contributed by atoms with Crippen molar-refractivity contribution in [2.75, 3.05) is 11.9 Å². The molecule has 7 heteroatoms. The number of carbonyl (C=O) groups is 1. The van der Waals surface area contributed by atoms with Gasteiger partial charge in [0.25, 0.3) is 0 Å². The van der Waals surface area contributed by atoms with Crippen LogP contribution >= 0.6 is 12.2 Å². The van der Waals surface area contributed by atoms with Crippen LogP contribution in [0.3, 0.4) is 0 Å². The SMILES string of the molecule is CN(C(=O)CC(F)(F)F)c1ccc(C(N)=S)cc1. The van der Waals surface area contributed by atoms with Crippen LogP contribution in [0.5, 0.6) is 0 Å². The molecule has 0 aromatic heterocycles. The third-order valence-corrected chi connectivity index (χ3v) is 2.50. The Labute approximate surface area is 107 Å². The second kappa shape index (κ2) is 5.34. The average molecular weight is 276 g/mol. The van der Waals surface area contributed by atoms with Crippen molar-refractivity contribution in [3.8, 4) is 0 Å². The summed E-state index contributed by atoms with van der Waals surface area (Å²) in [6.45, 7) is 0. The van der Waals surface area contributed by atoms with Crippen molar-refractivity contribution in [3.05, 3.63) is 29.8 Å². The summed E-state index contributed by atoms with van der Waals surface area (Å²) in [6, 6.07) is 6.08. The van der Waals surface area contributed by atoms with Gasteiger partial charge in [-0.1, -0.05) is 12.2 Å². The number of hydrogen-bond acceptors (Lipinski definition) is 2. The second-order valence-corrected chi connectivity index (χ2v) is 4.10. The minimum Gasteiger partial charge on any atom is -0.389 e. The van der Waals surface area contributed by atoms with Gasteiger partial charge in [-0.2, -0.15) is 13.2 Å². The number of carbonyl (C=O) groups excluding carboxylic acids is 1. The molecule has 0 bridgehead atoms. The topological polar surface area (TPSA) is 46.3 Å². The number of anilines is 1. The Morgan fingerprint density at radius 1 is 1.33 bits per heavy atom. The normalized spacial score (nSPS) is 11.1. The van der Waals surface area contributed by atoms with E-state index < -0.39 is 18.5 Å². The van der Waals surface area contributed by atoms with Crippen LogP contribution in [0.15, 0.2) is 24.3 Å². The number of hydrogen-bond donors (Lipinski definition) is 1. The molecule has 0 saturated heterocycles. The predicted octanol–water partition coefficient (Wildman–Crippen LogP) is 2.24. The lowest BCUT2D eigenvalue weighted by Crippen LogP contribution is -2.30. The van der Waals surface area contributed by atoms with E-state index in [1.54, 1.807) is 12.1 Å². The van der Waals surface area contributed by atoms with E-state index in [0.29, 0.717) is 11.3 Å². The van der Waals surface area contributed by atoms with Crippen LogP contribution in [-0.4, -0.2) is 24.1 Å². The molecule has 0 aliphatic heterocycles. The minimum absolute atomic E-state index is 0.186. The summed E-state index contributed by atoms with van der Waals surface area (Å²) < 4.78 is 36.2. The zero-order valence-electron chi connectivity index (χ0n) is 9.49. The molecular weight excluding hydrogens is 265 g/mol. The Morgan fingerprint density at radius 2 is 1.83 bits per heavy atom. The molecule has 0 aliphatic carbocycles. The van der Waals surface area contributed by atoms with Crippen LogP contribution in [0.4, 0.5) is 18.9 Å². The highest BCUT2D eigenvalue weighted by atomic mass is 32.1. The van der Waals surface area contributed by atoms with E-state index in [2.05, 4.69) is 0 Å². The van der Waals surface area contributed by atoms with Gasteiger partial charge in [0.2, 0.25) is 5.91 Å². The Hall–Kier alpha value is -1.63. The largest absolute Gasteiger partial charge is 0.397 e. The lowest BCUT2D eigenvalue weighted by Gasteiger charge is -2.18. The molecule has 2 N–H and O–H groups in total. The standard InChI is InChI=1S/C11H11F3N2OS/c1-16(9(17)6-11(12,13)14)8-4-2-7(3-5-8)10(15)18/h2-5H,6H2,1H3,(H2,15,18). The summed E-state index contributed by atoms with van der Waals surface area (Å²) in [7, 11) is 1.28. The van der Waals surface area contributed by atoms with Crippen LogP contribution in [0.2, 0.25) is 0 Å². The van der Waals surface area contributed by atoms with Gasteiger partial charge in [-0.3, -0.25) is 4.79 Å². The number of nitrogens with zero attached hydrogens (tertiary/aromatic N) is 1. The highest BCUT2D eigenvalue weighted by Crippen LogP contribution is 2.22. The number of nitrogens with two attached hydrogens (primary N) is 1. The molecule has 1 rings (SSSR count). The van der Waals surface area contributed by atoms with E-state index >= 15 is 0 Å². The molecular formula is C11H11F3N2OS. The van der Waals surface area contributed by atoms with Crippen LogP contribution in [-0.2, 0) is 4.79 Å². The number of halogens is 3. The number of rotatable bonds is 3. The lowest BCUT2D eigenvalue weighted by atomic mass is 10.2. The van der Waals surface area contributed by atoms with Crippen LogP contribution in [0, 0.1) is 0 Å². The van der Waals surface area contributed by atoms with E-state index in [9.17, 15) is 18.0 Å². The van der Waals surface area contributed by atoms with Gasteiger partial charge in [0.05, 0.1) is 0 Å². The number of benzene rings is 1. The highest BCUT2D eigenvalue weighted by molar-refractivity contribution is 7.80. The van der Waals surface area contributed by atoms with Crippen molar-refractivity contribution < 1.29 is 18.0 Å². The fourth-order valence-corrected chi connectivity index (χ4v) is 1.42. The summed E-state index contributed by atoms with van der Waals surface area (Å²) in [5.74, 6) is -1.02. The molecule has 1 amide bonds. The molecule has 18 heavy (non-hydrogen) atoms. The van der Waals surface area contributed by atoms with Crippen LogP contribution < -0.4 is 10.6 Å². The van der Waals surface area contributed by atoms with Gasteiger partial charge in [-0.15, -0.1) is 0 Å². The maximum atomic E-state index is 12.1. The zero-order chi connectivity index (χ0) is 13.9. The molecule has 0 aliphatic rings. The summed E-state index contributed by atoms with van der Waals surface area (Å²) in [4.78, 5) is 12.5. The first-order valence-corrected chi connectivity index (χ1v) is 5.35. The number of alkyl halides is 3. The Bertz CT molecular complexity index is 456. The highest BCUT2D eigenvalue weighted by Gasteiger charge is 2.32. The summed E-state index contributed by atoms with van der Waals surface area (Å²) in [5, 5.41) is 0. The Kier molecular flexibility index (Phi) is 4.28. The Morgan fingerprint density at radius 3 is 2.22 bits per heavy atom. The molecule has 0 atom stereocenters. The van der Waals surface area contributed by atoms with Crippen molar-refractivity contribution in [1.82, 2.24) is 0 Å². The van der Waals surface area contributed by atoms with Gasteiger partial charge in [-0.05, 0) is 24.3 Å². The summed E-state index contributed by atoms with van der Waals surface area (Å²) in [5.41, 5.74) is 6.32. The van der Waals surface area contributed by atoms with Crippen LogP contribution in [0.25, 0.3) is 0 Å². The van der Waals surface area contributed by atoms with Crippen molar-refractivity contribution >= 4 is 28.8 Å². The molecule has 98 valence electrons. The fraction of sp³-hybridized carbons (Fsp3) is 0.273. The van der Waals surface area contributed by atoms with Gasteiger partial charge in [-0.25, -0.2) is 0 Å². The maximum Gasteiger partial charge on any atom is 0.397 e. The average Bonchev–Trinajstić information content (AvgIpc) is 2.26. The minimum atomic E-state index is -4.51. The molecule has 0 saturated carbocycles. The van der Waals surface area contributed by atoms with Crippen LogP contribution in [0.1, 0.15) is 12.0 Å². The third kappa shape index (κ3) is 3.99. The molecule has 0 radical (unpaired) electrons. The Balaban J connectivity index is 2.81. The van der Waals surface area contributed by atoms with Crippen molar-refractivity contribution in [2.24, 2.45) is 5.73 Å². The fourth-order valence-electron chi connectivity index (χ4n) is 1.28. The van der Waals surface area contributed by atoms with Gasteiger partial charge >= 0.3 is 6.18 Å². The van der Waals surface area contributed by atoms with E-state index in [4.69, 9.17) is 18.0 Å². The van der Waals surface area contributed by atoms with Crippen molar-refractivity contribution in [3.63, 3.8) is 0 Å². The zero-order valence-corrected chi connectivity index (χ0v) is 10.3. The second-order valence-electron chi connectivity index (χ2n) is 3.66. The van der Waals surface area contributed by atoms with Gasteiger partial charge < -0.3 is 10.6 Å². The number of thiocarbonyl (C=S) groups is 1. The smallest absolute Gasteiger partial charge is 0.389 e. The van der Waals surface area contributed by atoms with E-state index in [-0.39, 0.29) is 4.99 Å². The molecule has 1 aromatic carbocycles. The molecule has 1 aromatic rings. The van der Waals surface area contributed by atoms with E-state index in [0.717, 1.165) is 4.90 Å². The first-order valence-electron chi connectivity index (χ1n) is 4.94. The van der Waals surface area contributed by atoms with Gasteiger partial charge in [0, 0.05) is 18.3 Å². The molecule has 0 heterocycles. The maximum absolute atomic E-state index is 12.1. The monoisotopic (exact) mass is 276 g/mol. The summed E-state index contributed by atoms with van der Waals surface area (Å²) >= 11 is 4.74. The molecule has 0 unspecified atom stereocenters. The quantitative estimate of drug-likeness (QED) is 0.861. The van der Waals surface area contributed by atoms with Crippen molar-refractivity contribution in [1.29, 1.82) is 0 Å². The number of amides is 1. The first-order chi connectivity index (χ1) is 8.20. The lowest BCUT2D eigenvalue weighted by molar-refractivity contribution is -0.151. The first kappa shape index (κ1) is 14.4. The molecule has 0 fully saturated rings. The van der Waals surface area contributed by atoms with Gasteiger partial charge in [0.15, 0.2) is 0 Å².